The van der Waals surface area contributed by atoms with E-state index >= 15 is 0 Å². The first kappa shape index (κ1) is 26.4. The molecule has 0 radical (unpaired) electrons. The molecule has 2 saturated heterocycles. The zero-order chi connectivity index (χ0) is 25.9. The molecule has 4 N–H and O–H groups in total. The van der Waals surface area contributed by atoms with Crippen molar-refractivity contribution >= 4 is 0 Å². The smallest absolute Gasteiger partial charge is 0.229 e. The lowest BCUT2D eigenvalue weighted by molar-refractivity contribution is -0.277. The van der Waals surface area contributed by atoms with Gasteiger partial charge in [0.15, 0.2) is 11.5 Å². The molecule has 8 heteroatoms. The second-order valence-corrected chi connectivity index (χ2v) is 10.5. The van der Waals surface area contributed by atoms with E-state index in [1.165, 1.54) is 12.0 Å². The molecule has 7 atom stereocenters. The van der Waals surface area contributed by atoms with Gasteiger partial charge in [0, 0.05) is 11.6 Å². The van der Waals surface area contributed by atoms with E-state index < -0.39 is 37.3 Å². The lowest BCUT2D eigenvalue weighted by Gasteiger charge is -2.45. The molecule has 5 rings (SSSR count). The molecule has 0 saturated carbocycles. The highest BCUT2D eigenvalue weighted by atomic mass is 16.7. The van der Waals surface area contributed by atoms with E-state index in [9.17, 15) is 20.4 Å². The number of rotatable bonds is 8. The Morgan fingerprint density at radius 3 is 2.57 bits per heavy atom. The van der Waals surface area contributed by atoms with Crippen molar-refractivity contribution in [2.45, 2.75) is 82.4 Å². The summed E-state index contributed by atoms with van der Waals surface area (Å²) in [6, 6.07) is 14.4. The lowest BCUT2D eigenvalue weighted by atomic mass is 9.75. The van der Waals surface area contributed by atoms with Gasteiger partial charge < -0.3 is 34.6 Å². The Hall–Kier alpha value is -2.20. The molecule has 0 amide bonds. The fourth-order valence-corrected chi connectivity index (χ4v) is 6.12. The SMILES string of the molecule is CCCN1CCC[C@@H]2Cc3c(ccc(OCc4ccccc4)c3OC3O[C@H](CO)[C@@H](O)[C@H](O)[C@H]3O)C[C@H]21. The van der Waals surface area contributed by atoms with Crippen molar-refractivity contribution in [1.82, 2.24) is 4.90 Å². The molecule has 202 valence electrons. The van der Waals surface area contributed by atoms with Gasteiger partial charge in [-0.3, -0.25) is 4.90 Å². The van der Waals surface area contributed by atoms with E-state index in [2.05, 4.69) is 17.9 Å². The van der Waals surface area contributed by atoms with Crippen LogP contribution in [0.4, 0.5) is 0 Å². The monoisotopic (exact) mass is 513 g/mol. The molecule has 2 heterocycles. The van der Waals surface area contributed by atoms with Gasteiger partial charge in [0.25, 0.3) is 0 Å². The average molecular weight is 514 g/mol. The molecule has 2 aromatic carbocycles. The molecule has 37 heavy (non-hydrogen) atoms. The summed E-state index contributed by atoms with van der Waals surface area (Å²) in [5.41, 5.74) is 3.25. The van der Waals surface area contributed by atoms with Gasteiger partial charge in [-0.25, -0.2) is 0 Å². The Morgan fingerprint density at radius 1 is 1.00 bits per heavy atom. The molecule has 8 nitrogen and oxygen atoms in total. The van der Waals surface area contributed by atoms with E-state index in [1.54, 1.807) is 0 Å². The quantitative estimate of drug-likeness (QED) is 0.424. The minimum atomic E-state index is -1.51. The number of benzene rings is 2. The number of ether oxygens (including phenoxy) is 3. The largest absolute Gasteiger partial charge is 0.485 e. The zero-order valence-electron chi connectivity index (χ0n) is 21.4. The predicted octanol–water partition coefficient (Wildman–Crippen LogP) is 2.03. The van der Waals surface area contributed by atoms with Crippen LogP contribution in [0.2, 0.25) is 0 Å². The van der Waals surface area contributed by atoms with Gasteiger partial charge in [0.05, 0.1) is 6.61 Å². The average Bonchev–Trinajstić information content (AvgIpc) is 2.92. The number of piperidine rings is 1. The van der Waals surface area contributed by atoms with Gasteiger partial charge in [0.2, 0.25) is 6.29 Å². The van der Waals surface area contributed by atoms with Gasteiger partial charge in [-0.1, -0.05) is 43.3 Å². The van der Waals surface area contributed by atoms with E-state index in [-0.39, 0.29) is 0 Å². The van der Waals surface area contributed by atoms with Crippen molar-refractivity contribution in [2.24, 2.45) is 5.92 Å². The van der Waals surface area contributed by atoms with Crippen LogP contribution in [0.25, 0.3) is 0 Å². The highest BCUT2D eigenvalue weighted by Crippen LogP contribution is 2.44. The summed E-state index contributed by atoms with van der Waals surface area (Å²) >= 11 is 0. The number of hydrogen-bond acceptors (Lipinski definition) is 8. The second kappa shape index (κ2) is 11.7. The molecule has 2 fully saturated rings. The second-order valence-electron chi connectivity index (χ2n) is 10.5. The number of aliphatic hydroxyl groups is 4. The first-order valence-corrected chi connectivity index (χ1v) is 13.5. The Bertz CT molecular complexity index is 1030. The van der Waals surface area contributed by atoms with E-state index in [4.69, 9.17) is 14.2 Å². The fraction of sp³-hybridized carbons (Fsp3) is 0.586. The maximum atomic E-state index is 10.7. The standard InChI is InChI=1S/C29H39NO7/c1-2-12-30-13-6-9-20-14-21-19(15-22(20)30)10-11-23(35-17-18-7-4-3-5-8-18)28(21)37-29-27(34)26(33)25(32)24(16-31)36-29/h3-5,7-8,10-11,20,22,24-27,29,31-34H,2,6,9,12-17H2,1H3/t20-,22-,24-,25-,26+,27-,29?/m1/s1. The van der Waals surface area contributed by atoms with E-state index in [1.807, 2.05) is 36.4 Å². The first-order valence-electron chi connectivity index (χ1n) is 13.5. The van der Waals surface area contributed by atoms with Crippen LogP contribution in [0.15, 0.2) is 42.5 Å². The number of likely N-dealkylation sites (tertiary alicyclic amines) is 1. The van der Waals surface area contributed by atoms with Crippen molar-refractivity contribution < 1.29 is 34.6 Å². The molecule has 1 unspecified atom stereocenters. The van der Waals surface area contributed by atoms with Gasteiger partial charge in [0.1, 0.15) is 31.0 Å². The van der Waals surface area contributed by atoms with E-state index in [0.29, 0.717) is 30.1 Å². The van der Waals surface area contributed by atoms with Crippen LogP contribution in [-0.2, 0) is 24.2 Å². The molecule has 0 bridgehead atoms. The summed E-state index contributed by atoms with van der Waals surface area (Å²) in [6.45, 7) is 4.30. The van der Waals surface area contributed by atoms with Crippen molar-refractivity contribution in [2.75, 3.05) is 19.7 Å². The van der Waals surface area contributed by atoms with Gasteiger partial charge in [-0.05, 0) is 68.3 Å². The Balaban J connectivity index is 1.47. The number of nitrogens with zero attached hydrogens (tertiary/aromatic N) is 1. The Labute approximate surface area is 218 Å². The third-order valence-corrected chi connectivity index (χ3v) is 8.08. The maximum absolute atomic E-state index is 10.7. The summed E-state index contributed by atoms with van der Waals surface area (Å²) < 4.78 is 18.2. The van der Waals surface area contributed by atoms with E-state index in [0.717, 1.165) is 49.9 Å². The molecule has 2 aromatic rings. The van der Waals surface area contributed by atoms with Crippen LogP contribution in [0.1, 0.15) is 42.9 Å². The minimum Gasteiger partial charge on any atom is -0.485 e. The fourth-order valence-electron chi connectivity index (χ4n) is 6.12. The minimum absolute atomic E-state index is 0.348. The van der Waals surface area contributed by atoms with Crippen molar-refractivity contribution in [1.29, 1.82) is 0 Å². The topological polar surface area (TPSA) is 112 Å². The number of fused-ring (bicyclic) bond motifs is 2. The van der Waals surface area contributed by atoms with Crippen LogP contribution in [0.3, 0.4) is 0 Å². The van der Waals surface area contributed by atoms with Gasteiger partial charge in [-0.15, -0.1) is 0 Å². The summed E-state index contributed by atoms with van der Waals surface area (Å²) in [5, 5.41) is 40.9. The molecule has 3 aliphatic rings. The lowest BCUT2D eigenvalue weighted by Crippen LogP contribution is -2.60. The first-order chi connectivity index (χ1) is 18.0. The summed E-state index contributed by atoms with van der Waals surface area (Å²) in [7, 11) is 0. The highest BCUT2D eigenvalue weighted by Gasteiger charge is 2.46. The number of hydrogen-bond donors (Lipinski definition) is 4. The van der Waals surface area contributed by atoms with Crippen LogP contribution >= 0.6 is 0 Å². The van der Waals surface area contributed by atoms with Crippen LogP contribution in [-0.4, -0.2) is 81.8 Å². The summed E-state index contributed by atoms with van der Waals surface area (Å²) in [6.07, 6.45) is -1.53. The van der Waals surface area contributed by atoms with Crippen LogP contribution in [0, 0.1) is 5.92 Å². The van der Waals surface area contributed by atoms with Crippen molar-refractivity contribution in [3.63, 3.8) is 0 Å². The Morgan fingerprint density at radius 2 is 1.81 bits per heavy atom. The third-order valence-electron chi connectivity index (χ3n) is 8.08. The van der Waals surface area contributed by atoms with Crippen molar-refractivity contribution in [3.05, 3.63) is 59.2 Å². The third kappa shape index (κ3) is 5.50. The normalized spacial score (nSPS) is 31.9. The molecule has 1 aliphatic carbocycles. The van der Waals surface area contributed by atoms with Crippen LogP contribution in [0.5, 0.6) is 11.5 Å². The molecule has 0 aromatic heterocycles. The maximum Gasteiger partial charge on any atom is 0.229 e. The molecular formula is C29H39NO7. The number of aliphatic hydroxyl groups excluding tert-OH is 4. The molecular weight excluding hydrogens is 474 g/mol. The Kier molecular flexibility index (Phi) is 8.34. The van der Waals surface area contributed by atoms with Crippen LogP contribution < -0.4 is 9.47 Å². The van der Waals surface area contributed by atoms with Gasteiger partial charge >= 0.3 is 0 Å². The molecule has 0 spiro atoms. The predicted molar refractivity (Wildman–Crippen MR) is 137 cm³/mol. The zero-order valence-corrected chi connectivity index (χ0v) is 21.4. The van der Waals surface area contributed by atoms with Crippen molar-refractivity contribution in [3.8, 4) is 11.5 Å². The summed E-state index contributed by atoms with van der Waals surface area (Å²) in [4.78, 5) is 2.62. The van der Waals surface area contributed by atoms with Gasteiger partial charge in [-0.2, -0.15) is 0 Å². The summed E-state index contributed by atoms with van der Waals surface area (Å²) in [5.74, 6) is 1.54. The highest BCUT2D eigenvalue weighted by molar-refractivity contribution is 5.53. The molecule has 2 aliphatic heterocycles.